The van der Waals surface area contributed by atoms with Gasteiger partial charge in [-0.05, 0) is 18.6 Å². The zero-order valence-electron chi connectivity index (χ0n) is 8.76. The van der Waals surface area contributed by atoms with Crippen molar-refractivity contribution in [3.8, 4) is 11.5 Å². The van der Waals surface area contributed by atoms with E-state index in [1.54, 1.807) is 4.90 Å². The van der Waals surface area contributed by atoms with Crippen LogP contribution >= 0.6 is 0 Å². The van der Waals surface area contributed by atoms with Crippen LogP contribution < -0.4 is 5.73 Å². The summed E-state index contributed by atoms with van der Waals surface area (Å²) in [5.74, 6) is -0.446. The van der Waals surface area contributed by atoms with Gasteiger partial charge < -0.3 is 20.8 Å². The Morgan fingerprint density at radius 2 is 1.94 bits per heavy atom. The molecule has 1 aliphatic rings. The molecule has 0 saturated carbocycles. The molecule has 5 nitrogen and oxygen atoms in total. The average molecular weight is 222 g/mol. The number of likely N-dealkylation sites (tertiary alicyclic amines) is 1. The summed E-state index contributed by atoms with van der Waals surface area (Å²) < 4.78 is 0. The minimum atomic E-state index is -0.209. The molecule has 1 amide bonds. The van der Waals surface area contributed by atoms with Gasteiger partial charge in [0.2, 0.25) is 0 Å². The van der Waals surface area contributed by atoms with Crippen LogP contribution in [0.5, 0.6) is 11.5 Å². The van der Waals surface area contributed by atoms with Crippen LogP contribution in [0.4, 0.5) is 0 Å². The Morgan fingerprint density at radius 3 is 2.44 bits per heavy atom. The van der Waals surface area contributed by atoms with Crippen molar-refractivity contribution in [2.75, 3.05) is 13.1 Å². The van der Waals surface area contributed by atoms with Crippen LogP contribution in [-0.4, -0.2) is 40.2 Å². The highest BCUT2D eigenvalue weighted by atomic mass is 16.3. The van der Waals surface area contributed by atoms with Crippen molar-refractivity contribution >= 4 is 5.91 Å². The van der Waals surface area contributed by atoms with Gasteiger partial charge in [-0.15, -0.1) is 0 Å². The SMILES string of the molecule is N[C@H]1CCN(C(=O)c2cc(O)cc(O)c2)C1. The molecule has 1 aromatic rings. The minimum absolute atomic E-state index is 0.0230. The van der Waals surface area contributed by atoms with E-state index in [1.807, 2.05) is 0 Å². The molecule has 0 spiro atoms. The molecule has 86 valence electrons. The largest absolute Gasteiger partial charge is 0.508 e. The van der Waals surface area contributed by atoms with Gasteiger partial charge in [0.15, 0.2) is 0 Å². The Bertz CT molecular complexity index is 399. The summed E-state index contributed by atoms with van der Waals surface area (Å²) in [5, 5.41) is 18.6. The van der Waals surface area contributed by atoms with E-state index in [9.17, 15) is 15.0 Å². The van der Waals surface area contributed by atoms with Gasteiger partial charge in [-0.2, -0.15) is 0 Å². The highest BCUT2D eigenvalue weighted by Crippen LogP contribution is 2.22. The van der Waals surface area contributed by atoms with Gasteiger partial charge in [0.05, 0.1) is 0 Å². The molecule has 0 radical (unpaired) electrons. The Labute approximate surface area is 93.1 Å². The Kier molecular flexibility index (Phi) is 2.70. The number of rotatable bonds is 1. The van der Waals surface area contributed by atoms with E-state index in [0.717, 1.165) is 6.42 Å². The lowest BCUT2D eigenvalue weighted by molar-refractivity contribution is 0.0790. The second-order valence-corrected chi connectivity index (χ2v) is 4.04. The molecule has 2 rings (SSSR count). The molecule has 0 aromatic heterocycles. The van der Waals surface area contributed by atoms with E-state index in [0.29, 0.717) is 13.1 Å². The summed E-state index contributed by atoms with van der Waals surface area (Å²) in [6, 6.07) is 3.89. The summed E-state index contributed by atoms with van der Waals surface area (Å²) in [6.07, 6.45) is 0.788. The van der Waals surface area contributed by atoms with Gasteiger partial charge in [0.25, 0.3) is 5.91 Å². The second kappa shape index (κ2) is 4.02. The molecular formula is C11H14N2O3. The number of nitrogens with zero attached hydrogens (tertiary/aromatic N) is 1. The lowest BCUT2D eigenvalue weighted by atomic mass is 10.2. The van der Waals surface area contributed by atoms with Crippen LogP contribution in [0, 0.1) is 0 Å². The smallest absolute Gasteiger partial charge is 0.254 e. The highest BCUT2D eigenvalue weighted by molar-refractivity contribution is 5.95. The van der Waals surface area contributed by atoms with Gasteiger partial charge >= 0.3 is 0 Å². The molecular weight excluding hydrogens is 208 g/mol. The summed E-state index contributed by atoms with van der Waals surface area (Å²) in [5.41, 5.74) is 5.99. The number of aromatic hydroxyl groups is 2. The molecule has 4 N–H and O–H groups in total. The maximum absolute atomic E-state index is 11.9. The van der Waals surface area contributed by atoms with E-state index < -0.39 is 0 Å². The van der Waals surface area contributed by atoms with Gasteiger partial charge in [-0.25, -0.2) is 0 Å². The molecule has 0 unspecified atom stereocenters. The maximum Gasteiger partial charge on any atom is 0.254 e. The van der Waals surface area contributed by atoms with Gasteiger partial charge in [0.1, 0.15) is 11.5 Å². The molecule has 1 heterocycles. The van der Waals surface area contributed by atoms with Crippen LogP contribution in [0.25, 0.3) is 0 Å². The van der Waals surface area contributed by atoms with Crippen LogP contribution in [0.2, 0.25) is 0 Å². The second-order valence-electron chi connectivity index (χ2n) is 4.04. The highest BCUT2D eigenvalue weighted by Gasteiger charge is 2.24. The summed E-state index contributed by atoms with van der Waals surface area (Å²) >= 11 is 0. The predicted octanol–water partition coefficient (Wildman–Crippen LogP) is 0.271. The van der Waals surface area contributed by atoms with Gasteiger partial charge in [-0.1, -0.05) is 0 Å². The fourth-order valence-electron chi connectivity index (χ4n) is 1.87. The molecule has 1 aromatic carbocycles. The van der Waals surface area contributed by atoms with E-state index in [1.165, 1.54) is 18.2 Å². The fraction of sp³-hybridized carbons (Fsp3) is 0.364. The van der Waals surface area contributed by atoms with E-state index >= 15 is 0 Å². The van der Waals surface area contributed by atoms with Crippen molar-refractivity contribution in [1.82, 2.24) is 4.90 Å². The quantitative estimate of drug-likeness (QED) is 0.636. The van der Waals surface area contributed by atoms with Crippen LogP contribution in [0.15, 0.2) is 18.2 Å². The van der Waals surface area contributed by atoms with Crippen LogP contribution in [0.3, 0.4) is 0 Å². The lowest BCUT2D eigenvalue weighted by Crippen LogP contribution is -2.31. The topological polar surface area (TPSA) is 86.8 Å². The number of carbonyl (C=O) groups is 1. The van der Waals surface area contributed by atoms with Crippen molar-refractivity contribution in [3.05, 3.63) is 23.8 Å². The number of hydrogen-bond acceptors (Lipinski definition) is 4. The first-order valence-electron chi connectivity index (χ1n) is 5.14. The zero-order valence-corrected chi connectivity index (χ0v) is 8.76. The number of phenolic OH excluding ortho intramolecular Hbond substituents is 2. The molecule has 0 bridgehead atoms. The van der Waals surface area contributed by atoms with E-state index in [4.69, 9.17) is 5.73 Å². The van der Waals surface area contributed by atoms with E-state index in [2.05, 4.69) is 0 Å². The van der Waals surface area contributed by atoms with Crippen molar-refractivity contribution < 1.29 is 15.0 Å². The molecule has 1 fully saturated rings. The van der Waals surface area contributed by atoms with Crippen molar-refractivity contribution in [3.63, 3.8) is 0 Å². The zero-order chi connectivity index (χ0) is 11.7. The van der Waals surface area contributed by atoms with Crippen molar-refractivity contribution in [2.24, 2.45) is 5.73 Å². The third-order valence-electron chi connectivity index (χ3n) is 2.66. The first-order chi connectivity index (χ1) is 7.56. The third-order valence-corrected chi connectivity index (χ3v) is 2.66. The van der Waals surface area contributed by atoms with Crippen LogP contribution in [0.1, 0.15) is 16.8 Å². The number of amides is 1. The minimum Gasteiger partial charge on any atom is -0.508 e. The molecule has 1 saturated heterocycles. The first-order valence-corrected chi connectivity index (χ1v) is 5.14. The van der Waals surface area contributed by atoms with Gasteiger partial charge in [0, 0.05) is 30.8 Å². The Balaban J connectivity index is 2.20. The van der Waals surface area contributed by atoms with Crippen molar-refractivity contribution in [1.29, 1.82) is 0 Å². The average Bonchev–Trinajstić information content (AvgIpc) is 2.62. The molecule has 0 aliphatic carbocycles. The Morgan fingerprint density at radius 1 is 1.31 bits per heavy atom. The molecule has 5 heteroatoms. The number of phenols is 2. The summed E-state index contributed by atoms with van der Waals surface area (Å²) in [4.78, 5) is 13.6. The molecule has 1 atom stereocenters. The normalized spacial score (nSPS) is 20.1. The monoisotopic (exact) mass is 222 g/mol. The Hall–Kier alpha value is -1.75. The third kappa shape index (κ3) is 2.09. The molecule has 1 aliphatic heterocycles. The number of hydrogen-bond donors (Lipinski definition) is 3. The van der Waals surface area contributed by atoms with Crippen LogP contribution in [-0.2, 0) is 0 Å². The molecule has 16 heavy (non-hydrogen) atoms. The standard InChI is InChI=1S/C11H14N2O3/c12-8-1-2-13(6-8)11(16)7-3-9(14)5-10(15)4-7/h3-5,8,14-15H,1-2,6,12H2/t8-/m0/s1. The number of carbonyl (C=O) groups excluding carboxylic acids is 1. The summed E-state index contributed by atoms with van der Waals surface area (Å²) in [7, 11) is 0. The number of nitrogens with two attached hydrogens (primary N) is 1. The van der Waals surface area contributed by atoms with E-state index in [-0.39, 0.29) is 29.0 Å². The lowest BCUT2D eigenvalue weighted by Gasteiger charge is -2.15. The maximum atomic E-state index is 11.9. The van der Waals surface area contributed by atoms with Gasteiger partial charge in [-0.3, -0.25) is 4.79 Å². The predicted molar refractivity (Wildman–Crippen MR) is 58.3 cm³/mol. The number of benzene rings is 1. The first kappa shape index (κ1) is 10.8. The fourth-order valence-corrected chi connectivity index (χ4v) is 1.87. The van der Waals surface area contributed by atoms with Crippen molar-refractivity contribution in [2.45, 2.75) is 12.5 Å². The summed E-state index contributed by atoms with van der Waals surface area (Å²) in [6.45, 7) is 1.14.